The Morgan fingerprint density at radius 3 is 2.61 bits per heavy atom. The van der Waals surface area contributed by atoms with Gasteiger partial charge in [-0.2, -0.15) is 0 Å². The predicted octanol–water partition coefficient (Wildman–Crippen LogP) is 1.94. The lowest BCUT2D eigenvalue weighted by molar-refractivity contribution is 0.0594. The molecule has 0 saturated heterocycles. The van der Waals surface area contributed by atoms with Gasteiger partial charge in [-0.15, -0.1) is 0 Å². The van der Waals surface area contributed by atoms with E-state index >= 15 is 0 Å². The van der Waals surface area contributed by atoms with E-state index in [1.165, 1.54) is 7.11 Å². The van der Waals surface area contributed by atoms with Crippen LogP contribution in [0.2, 0.25) is 0 Å². The highest BCUT2D eigenvalue weighted by atomic mass is 16.5. The number of nitrogens with zero attached hydrogens (tertiary/aromatic N) is 2. The first-order valence-corrected chi connectivity index (χ1v) is 5.30. The van der Waals surface area contributed by atoms with Crippen LogP contribution in [0.25, 0.3) is 11.3 Å². The number of hydrogen-bond donors (Lipinski definition) is 0. The maximum atomic E-state index is 11.2. The molecule has 5 nitrogen and oxygen atoms in total. The summed E-state index contributed by atoms with van der Waals surface area (Å²) in [6.45, 7) is 0. The Morgan fingerprint density at radius 2 is 2.00 bits per heavy atom. The zero-order valence-electron chi connectivity index (χ0n) is 10.1. The number of methoxy groups -OCH3 is 2. The molecule has 18 heavy (non-hydrogen) atoms. The van der Waals surface area contributed by atoms with Crippen molar-refractivity contribution >= 4 is 5.97 Å². The zero-order chi connectivity index (χ0) is 13.0. The second-order valence-corrected chi connectivity index (χ2v) is 3.49. The van der Waals surface area contributed by atoms with E-state index in [9.17, 15) is 4.79 Å². The molecule has 2 aromatic rings. The van der Waals surface area contributed by atoms with Crippen molar-refractivity contribution in [2.24, 2.45) is 0 Å². The standard InChI is InChI=1S/C13H12N2O3/c1-17-12-5-3-4-10(15-12)9-6-7-11(14-8-9)13(16)18-2/h3-8H,1-2H3. The molecule has 92 valence electrons. The van der Waals surface area contributed by atoms with Crippen molar-refractivity contribution in [3.63, 3.8) is 0 Å². The third-order valence-electron chi connectivity index (χ3n) is 2.39. The molecule has 0 radical (unpaired) electrons. The maximum Gasteiger partial charge on any atom is 0.356 e. The van der Waals surface area contributed by atoms with E-state index in [4.69, 9.17) is 4.74 Å². The molecule has 2 aromatic heterocycles. The van der Waals surface area contributed by atoms with Gasteiger partial charge in [0.05, 0.1) is 19.9 Å². The summed E-state index contributed by atoms with van der Waals surface area (Å²) in [6.07, 6.45) is 1.58. The van der Waals surface area contributed by atoms with Crippen LogP contribution < -0.4 is 4.74 Å². The monoisotopic (exact) mass is 244 g/mol. The second kappa shape index (κ2) is 5.27. The van der Waals surface area contributed by atoms with E-state index in [1.807, 2.05) is 12.1 Å². The average molecular weight is 244 g/mol. The summed E-state index contributed by atoms with van der Waals surface area (Å²) in [5.41, 5.74) is 1.81. The molecular formula is C13H12N2O3. The first-order valence-electron chi connectivity index (χ1n) is 5.30. The van der Waals surface area contributed by atoms with E-state index in [0.717, 1.165) is 11.3 Å². The molecule has 0 unspecified atom stereocenters. The van der Waals surface area contributed by atoms with Crippen LogP contribution in [-0.4, -0.2) is 30.2 Å². The topological polar surface area (TPSA) is 61.3 Å². The molecule has 0 fully saturated rings. The molecular weight excluding hydrogens is 232 g/mol. The second-order valence-electron chi connectivity index (χ2n) is 3.49. The molecule has 2 rings (SSSR count). The van der Waals surface area contributed by atoms with E-state index in [-0.39, 0.29) is 5.69 Å². The highest BCUT2D eigenvalue weighted by Crippen LogP contribution is 2.19. The Labute approximate surface area is 104 Å². The van der Waals surface area contributed by atoms with Crippen LogP contribution in [-0.2, 0) is 4.74 Å². The summed E-state index contributed by atoms with van der Waals surface area (Å²) in [4.78, 5) is 19.5. The predicted molar refractivity (Wildman–Crippen MR) is 65.4 cm³/mol. The Bertz CT molecular complexity index is 552. The van der Waals surface area contributed by atoms with Crippen LogP contribution in [0.1, 0.15) is 10.5 Å². The van der Waals surface area contributed by atoms with Crippen molar-refractivity contribution in [3.05, 3.63) is 42.2 Å². The number of aromatic nitrogens is 2. The highest BCUT2D eigenvalue weighted by molar-refractivity contribution is 5.87. The number of pyridine rings is 2. The lowest BCUT2D eigenvalue weighted by Gasteiger charge is -2.04. The summed E-state index contributed by atoms with van der Waals surface area (Å²) in [5, 5.41) is 0. The largest absolute Gasteiger partial charge is 0.481 e. The molecule has 0 aliphatic heterocycles. The van der Waals surface area contributed by atoms with Crippen molar-refractivity contribution in [3.8, 4) is 17.1 Å². The fraction of sp³-hybridized carbons (Fsp3) is 0.154. The zero-order valence-corrected chi connectivity index (χ0v) is 10.1. The van der Waals surface area contributed by atoms with Gasteiger partial charge in [0.15, 0.2) is 0 Å². The first-order chi connectivity index (χ1) is 8.74. The van der Waals surface area contributed by atoms with Gasteiger partial charge in [0.1, 0.15) is 5.69 Å². The van der Waals surface area contributed by atoms with Gasteiger partial charge in [0, 0.05) is 17.8 Å². The molecule has 0 aromatic carbocycles. The van der Waals surface area contributed by atoms with Crippen LogP contribution in [0, 0.1) is 0 Å². The van der Waals surface area contributed by atoms with Gasteiger partial charge >= 0.3 is 5.97 Å². The fourth-order valence-electron chi connectivity index (χ4n) is 1.46. The van der Waals surface area contributed by atoms with Crippen LogP contribution in [0.5, 0.6) is 5.88 Å². The van der Waals surface area contributed by atoms with Crippen LogP contribution in [0.15, 0.2) is 36.5 Å². The summed E-state index contributed by atoms with van der Waals surface area (Å²) < 4.78 is 9.63. The van der Waals surface area contributed by atoms with Crippen LogP contribution >= 0.6 is 0 Å². The summed E-state index contributed by atoms with van der Waals surface area (Å²) in [5.74, 6) is 0.0738. The molecule has 0 bridgehead atoms. The van der Waals surface area contributed by atoms with Gasteiger partial charge in [-0.3, -0.25) is 0 Å². The molecule has 2 heterocycles. The van der Waals surface area contributed by atoms with Gasteiger partial charge in [0.25, 0.3) is 0 Å². The third-order valence-corrected chi connectivity index (χ3v) is 2.39. The van der Waals surface area contributed by atoms with Gasteiger partial charge in [-0.25, -0.2) is 14.8 Å². The number of ether oxygens (including phenoxy) is 2. The summed E-state index contributed by atoms with van der Waals surface area (Å²) in [7, 11) is 2.88. The van der Waals surface area contributed by atoms with Crippen molar-refractivity contribution in [1.29, 1.82) is 0 Å². The Kier molecular flexibility index (Phi) is 3.52. The maximum absolute atomic E-state index is 11.2. The van der Waals surface area contributed by atoms with E-state index in [2.05, 4.69) is 14.7 Å². The van der Waals surface area contributed by atoms with Crippen molar-refractivity contribution < 1.29 is 14.3 Å². The number of hydrogen-bond acceptors (Lipinski definition) is 5. The lowest BCUT2D eigenvalue weighted by atomic mass is 10.2. The Balaban J connectivity index is 2.31. The molecule has 0 atom stereocenters. The highest BCUT2D eigenvalue weighted by Gasteiger charge is 2.07. The van der Waals surface area contributed by atoms with Crippen molar-refractivity contribution in [1.82, 2.24) is 9.97 Å². The van der Waals surface area contributed by atoms with Crippen LogP contribution in [0.3, 0.4) is 0 Å². The molecule has 5 heteroatoms. The van der Waals surface area contributed by atoms with E-state index < -0.39 is 5.97 Å². The van der Waals surface area contributed by atoms with E-state index in [1.54, 1.807) is 31.5 Å². The number of esters is 1. The molecule has 0 aliphatic carbocycles. The van der Waals surface area contributed by atoms with Gasteiger partial charge in [0.2, 0.25) is 5.88 Å². The molecule has 0 amide bonds. The van der Waals surface area contributed by atoms with Gasteiger partial charge in [-0.05, 0) is 18.2 Å². The molecule has 0 aliphatic rings. The molecule has 0 spiro atoms. The fourth-order valence-corrected chi connectivity index (χ4v) is 1.46. The molecule has 0 saturated carbocycles. The number of rotatable bonds is 3. The van der Waals surface area contributed by atoms with E-state index in [0.29, 0.717) is 5.88 Å². The van der Waals surface area contributed by atoms with Crippen molar-refractivity contribution in [2.45, 2.75) is 0 Å². The SMILES string of the molecule is COC(=O)c1ccc(-c2cccc(OC)n2)cn1. The summed E-state index contributed by atoms with van der Waals surface area (Å²) >= 11 is 0. The first kappa shape index (κ1) is 12.0. The van der Waals surface area contributed by atoms with Gasteiger partial charge in [-0.1, -0.05) is 6.07 Å². The smallest absolute Gasteiger partial charge is 0.356 e. The minimum Gasteiger partial charge on any atom is -0.481 e. The Hall–Kier alpha value is -2.43. The van der Waals surface area contributed by atoms with Gasteiger partial charge < -0.3 is 9.47 Å². The summed E-state index contributed by atoms with van der Waals surface area (Å²) in [6, 6.07) is 8.82. The third kappa shape index (κ3) is 2.45. The van der Waals surface area contributed by atoms with Crippen LogP contribution in [0.4, 0.5) is 0 Å². The number of carbonyl (C=O) groups excluding carboxylic acids is 1. The quantitative estimate of drug-likeness (QED) is 0.772. The molecule has 0 N–H and O–H groups in total. The van der Waals surface area contributed by atoms with Crippen molar-refractivity contribution in [2.75, 3.05) is 14.2 Å². The minimum atomic E-state index is -0.458. The normalized spacial score (nSPS) is 9.89. The minimum absolute atomic E-state index is 0.268. The number of carbonyl (C=O) groups is 1. The average Bonchev–Trinajstić information content (AvgIpc) is 2.46. The Morgan fingerprint density at radius 1 is 1.17 bits per heavy atom. The lowest BCUT2D eigenvalue weighted by Crippen LogP contribution is -2.03.